The molecule has 0 aliphatic carbocycles. The highest BCUT2D eigenvalue weighted by Crippen LogP contribution is 2.23. The second kappa shape index (κ2) is 8.80. The van der Waals surface area contributed by atoms with Crippen LogP contribution in [0, 0.1) is 0 Å². The highest BCUT2D eigenvalue weighted by atomic mass is 16.5. The number of morpholine rings is 1. The van der Waals surface area contributed by atoms with E-state index in [4.69, 9.17) is 14.6 Å². The van der Waals surface area contributed by atoms with Crippen molar-refractivity contribution < 1.29 is 14.6 Å². The summed E-state index contributed by atoms with van der Waals surface area (Å²) in [6.45, 7) is 3.56. The molecule has 6 heteroatoms. The predicted octanol–water partition coefficient (Wildman–Crippen LogP) is 2.07. The first-order chi connectivity index (χ1) is 12.3. The van der Waals surface area contributed by atoms with E-state index < -0.39 is 0 Å². The lowest BCUT2D eigenvalue weighted by Gasteiger charge is -2.32. The zero-order chi connectivity index (χ0) is 17.5. The average molecular weight is 343 g/mol. The van der Waals surface area contributed by atoms with Crippen molar-refractivity contribution in [3.8, 4) is 5.75 Å². The van der Waals surface area contributed by atoms with Gasteiger partial charge in [0.1, 0.15) is 24.3 Å². The number of hydrogen-bond acceptors (Lipinski definition) is 6. The molecule has 6 nitrogen and oxygen atoms in total. The number of rotatable bonds is 7. The highest BCUT2D eigenvalue weighted by Gasteiger charge is 2.23. The van der Waals surface area contributed by atoms with Crippen LogP contribution >= 0.6 is 0 Å². The summed E-state index contributed by atoms with van der Waals surface area (Å²) in [6, 6.07) is 14.0. The number of benzene rings is 1. The molecule has 1 unspecified atom stereocenters. The van der Waals surface area contributed by atoms with Crippen LogP contribution in [0.5, 0.6) is 5.75 Å². The third-order valence-corrected chi connectivity index (χ3v) is 4.17. The lowest BCUT2D eigenvalue weighted by molar-refractivity contribution is -0.0349. The molecule has 2 aromatic rings. The van der Waals surface area contributed by atoms with Crippen LogP contribution in [0.1, 0.15) is 17.4 Å². The summed E-state index contributed by atoms with van der Waals surface area (Å²) in [4.78, 5) is 6.97. The van der Waals surface area contributed by atoms with Crippen LogP contribution in [-0.4, -0.2) is 54.9 Å². The van der Waals surface area contributed by atoms with E-state index in [1.165, 1.54) is 5.56 Å². The molecule has 25 heavy (non-hydrogen) atoms. The van der Waals surface area contributed by atoms with Gasteiger partial charge in [-0.2, -0.15) is 0 Å². The van der Waals surface area contributed by atoms with E-state index >= 15 is 0 Å². The van der Waals surface area contributed by atoms with Gasteiger partial charge in [-0.1, -0.05) is 18.2 Å². The predicted molar refractivity (Wildman–Crippen MR) is 96.8 cm³/mol. The summed E-state index contributed by atoms with van der Waals surface area (Å²) in [7, 11) is 1.87. The van der Waals surface area contributed by atoms with Gasteiger partial charge in [0, 0.05) is 26.7 Å². The van der Waals surface area contributed by atoms with Gasteiger partial charge in [-0.3, -0.25) is 4.90 Å². The number of hydrogen-bond donors (Lipinski definition) is 2. The van der Waals surface area contributed by atoms with Gasteiger partial charge in [0.25, 0.3) is 0 Å². The summed E-state index contributed by atoms with van der Waals surface area (Å²) in [5.41, 5.74) is 2.14. The molecule has 0 spiro atoms. The fraction of sp³-hybridized carbons (Fsp3) is 0.421. The summed E-state index contributed by atoms with van der Waals surface area (Å²) < 4.78 is 11.4. The molecule has 0 bridgehead atoms. The first kappa shape index (κ1) is 17.7. The lowest BCUT2D eigenvalue weighted by Crippen LogP contribution is -2.38. The molecule has 2 heterocycles. The molecule has 0 amide bonds. The number of aromatic nitrogens is 1. The Balaban J connectivity index is 1.63. The van der Waals surface area contributed by atoms with Crippen LogP contribution < -0.4 is 10.1 Å². The minimum absolute atomic E-state index is 0.0177. The Morgan fingerprint density at radius 2 is 2.20 bits per heavy atom. The monoisotopic (exact) mass is 343 g/mol. The number of nitrogens with one attached hydrogen (secondary N) is 1. The highest BCUT2D eigenvalue weighted by molar-refractivity contribution is 5.35. The Kier molecular flexibility index (Phi) is 6.22. The van der Waals surface area contributed by atoms with Crippen molar-refractivity contribution in [2.45, 2.75) is 12.6 Å². The number of ether oxygens (including phenoxy) is 2. The van der Waals surface area contributed by atoms with Gasteiger partial charge in [-0.05, 0) is 29.8 Å². The van der Waals surface area contributed by atoms with Gasteiger partial charge in [-0.15, -0.1) is 0 Å². The Labute approximate surface area is 148 Å². The summed E-state index contributed by atoms with van der Waals surface area (Å²) in [5, 5.41) is 11.9. The topological polar surface area (TPSA) is 66.9 Å². The number of pyridine rings is 1. The lowest BCUT2D eigenvalue weighted by atomic mass is 10.1. The molecule has 1 aromatic heterocycles. The van der Waals surface area contributed by atoms with Crippen LogP contribution in [-0.2, 0) is 11.3 Å². The molecule has 1 aliphatic rings. The molecule has 1 atom stereocenters. The van der Waals surface area contributed by atoms with E-state index in [0.717, 1.165) is 36.9 Å². The van der Waals surface area contributed by atoms with Crippen molar-refractivity contribution in [1.29, 1.82) is 0 Å². The van der Waals surface area contributed by atoms with E-state index in [1.54, 1.807) is 0 Å². The SMILES string of the molecule is CNc1cccc(C2CN(Cc3cccc(OCCO)c3)CCO2)n1. The summed E-state index contributed by atoms with van der Waals surface area (Å²) >= 11 is 0. The maximum atomic E-state index is 8.88. The van der Waals surface area contributed by atoms with Crippen LogP contribution in [0.25, 0.3) is 0 Å². The largest absolute Gasteiger partial charge is 0.491 e. The van der Waals surface area contributed by atoms with Gasteiger partial charge in [-0.25, -0.2) is 4.98 Å². The van der Waals surface area contributed by atoms with Gasteiger partial charge < -0.3 is 19.9 Å². The molecular formula is C19H25N3O3. The number of anilines is 1. The Bertz CT molecular complexity index is 680. The Hall–Kier alpha value is -2.15. The smallest absolute Gasteiger partial charge is 0.126 e. The van der Waals surface area contributed by atoms with Crippen molar-refractivity contribution in [2.24, 2.45) is 0 Å². The standard InChI is InChI=1S/C19H25N3O3/c1-20-19-7-3-6-17(21-19)18-14-22(8-10-25-18)13-15-4-2-5-16(12-15)24-11-9-23/h2-7,12,18,23H,8-11,13-14H2,1H3,(H,20,21). The molecular weight excluding hydrogens is 318 g/mol. The van der Waals surface area contributed by atoms with E-state index in [-0.39, 0.29) is 12.7 Å². The fourth-order valence-corrected chi connectivity index (χ4v) is 2.95. The molecule has 1 saturated heterocycles. The first-order valence-corrected chi connectivity index (χ1v) is 8.60. The van der Waals surface area contributed by atoms with Crippen LogP contribution in [0.3, 0.4) is 0 Å². The minimum atomic E-state index is -0.0177. The average Bonchev–Trinajstić information content (AvgIpc) is 2.67. The molecule has 1 aliphatic heterocycles. The number of nitrogens with zero attached hydrogens (tertiary/aromatic N) is 2. The molecule has 3 rings (SSSR count). The van der Waals surface area contributed by atoms with Crippen LogP contribution in [0.15, 0.2) is 42.5 Å². The quantitative estimate of drug-likeness (QED) is 0.802. The number of aliphatic hydroxyl groups is 1. The molecule has 1 fully saturated rings. The maximum Gasteiger partial charge on any atom is 0.126 e. The summed E-state index contributed by atoms with van der Waals surface area (Å²) in [5.74, 6) is 1.65. The van der Waals surface area contributed by atoms with E-state index in [1.807, 2.05) is 43.4 Å². The van der Waals surface area contributed by atoms with Gasteiger partial charge >= 0.3 is 0 Å². The van der Waals surface area contributed by atoms with Crippen LogP contribution in [0.4, 0.5) is 5.82 Å². The van der Waals surface area contributed by atoms with Crippen molar-refractivity contribution in [2.75, 3.05) is 45.3 Å². The first-order valence-electron chi connectivity index (χ1n) is 8.60. The Morgan fingerprint density at radius 3 is 3.04 bits per heavy atom. The zero-order valence-corrected chi connectivity index (χ0v) is 14.5. The second-order valence-corrected chi connectivity index (χ2v) is 6.01. The normalized spacial score (nSPS) is 18.1. The molecule has 0 saturated carbocycles. The van der Waals surface area contributed by atoms with Crippen LogP contribution in [0.2, 0.25) is 0 Å². The third kappa shape index (κ3) is 4.92. The van der Waals surface area contributed by atoms with E-state index in [2.05, 4.69) is 21.3 Å². The Morgan fingerprint density at radius 1 is 1.32 bits per heavy atom. The maximum absolute atomic E-state index is 8.88. The van der Waals surface area contributed by atoms with E-state index in [0.29, 0.717) is 13.2 Å². The van der Waals surface area contributed by atoms with Crippen molar-refractivity contribution in [1.82, 2.24) is 9.88 Å². The van der Waals surface area contributed by atoms with Gasteiger partial charge in [0.05, 0.1) is 18.9 Å². The second-order valence-electron chi connectivity index (χ2n) is 6.01. The van der Waals surface area contributed by atoms with Gasteiger partial charge in [0.2, 0.25) is 0 Å². The van der Waals surface area contributed by atoms with Crippen molar-refractivity contribution in [3.63, 3.8) is 0 Å². The van der Waals surface area contributed by atoms with Gasteiger partial charge in [0.15, 0.2) is 0 Å². The molecule has 0 radical (unpaired) electrons. The van der Waals surface area contributed by atoms with E-state index in [9.17, 15) is 0 Å². The number of aliphatic hydroxyl groups excluding tert-OH is 1. The molecule has 134 valence electrons. The third-order valence-electron chi connectivity index (χ3n) is 4.17. The molecule has 2 N–H and O–H groups in total. The fourth-order valence-electron chi connectivity index (χ4n) is 2.95. The minimum Gasteiger partial charge on any atom is -0.491 e. The summed E-state index contributed by atoms with van der Waals surface area (Å²) in [6.07, 6.45) is -0.0177. The van der Waals surface area contributed by atoms with Crippen molar-refractivity contribution in [3.05, 3.63) is 53.7 Å². The zero-order valence-electron chi connectivity index (χ0n) is 14.5. The molecule has 1 aromatic carbocycles. The van der Waals surface area contributed by atoms with Crippen molar-refractivity contribution >= 4 is 5.82 Å².